The number of carbonyl (C=O) groups excluding carboxylic acids is 1. The summed E-state index contributed by atoms with van der Waals surface area (Å²) in [5, 5.41) is 6.14. The number of nitrogens with one attached hydrogen (secondary N) is 2. The molecule has 2 unspecified atom stereocenters. The quantitative estimate of drug-likeness (QED) is 0.630. The highest BCUT2D eigenvalue weighted by molar-refractivity contribution is 5.80. The molecule has 0 aromatic carbocycles. The van der Waals surface area contributed by atoms with E-state index in [-0.39, 0.29) is 12.0 Å². The number of ether oxygens (including phenoxy) is 1. The number of hydrogen-bond donors (Lipinski definition) is 2. The summed E-state index contributed by atoms with van der Waals surface area (Å²) in [5.74, 6) is 0.0613. The Bertz CT molecular complexity index is 186. The number of carbonyl (C=O) groups is 1. The first kappa shape index (κ1) is 8.97. The van der Waals surface area contributed by atoms with Crippen LogP contribution in [0.2, 0.25) is 0 Å². The van der Waals surface area contributed by atoms with Gasteiger partial charge in [0.2, 0.25) is 5.91 Å². The summed E-state index contributed by atoms with van der Waals surface area (Å²) in [6.45, 7) is 2.57. The Kier molecular flexibility index (Phi) is 2.80. The van der Waals surface area contributed by atoms with Crippen LogP contribution >= 0.6 is 0 Å². The zero-order chi connectivity index (χ0) is 9.10. The Morgan fingerprint density at radius 1 is 1.54 bits per heavy atom. The van der Waals surface area contributed by atoms with Gasteiger partial charge >= 0.3 is 0 Å². The largest absolute Gasteiger partial charge is 0.368 e. The Morgan fingerprint density at radius 2 is 2.38 bits per heavy atom. The van der Waals surface area contributed by atoms with Crippen molar-refractivity contribution in [3.05, 3.63) is 0 Å². The second-order valence-electron chi connectivity index (χ2n) is 3.69. The Hall–Kier alpha value is -0.610. The molecule has 2 aliphatic heterocycles. The molecule has 74 valence electrons. The third-order valence-corrected chi connectivity index (χ3v) is 2.67. The Labute approximate surface area is 78.0 Å². The average Bonchev–Trinajstić information content (AvgIpc) is 2.52. The van der Waals surface area contributed by atoms with Gasteiger partial charge in [0.05, 0.1) is 0 Å². The van der Waals surface area contributed by atoms with Crippen molar-refractivity contribution in [2.45, 2.75) is 31.4 Å². The maximum atomic E-state index is 11.4. The molecule has 0 radical (unpaired) electrons. The van der Waals surface area contributed by atoms with Crippen molar-refractivity contribution in [2.24, 2.45) is 0 Å². The standard InChI is InChI=1S/C9H16N2O2/c12-9(8-2-1-5-13-8)11-6-7-3-4-10-7/h7-8,10H,1-6H2,(H,11,12). The van der Waals surface area contributed by atoms with E-state index < -0.39 is 0 Å². The van der Waals surface area contributed by atoms with Gasteiger partial charge in [-0.25, -0.2) is 0 Å². The second-order valence-corrected chi connectivity index (χ2v) is 3.69. The molecule has 2 N–H and O–H groups in total. The summed E-state index contributed by atoms with van der Waals surface area (Å²) in [4.78, 5) is 11.4. The molecule has 13 heavy (non-hydrogen) atoms. The first-order valence-electron chi connectivity index (χ1n) is 4.99. The fourth-order valence-electron chi connectivity index (χ4n) is 1.64. The Balaban J connectivity index is 1.65. The lowest BCUT2D eigenvalue weighted by Crippen LogP contribution is -2.51. The van der Waals surface area contributed by atoms with E-state index in [4.69, 9.17) is 4.74 Å². The monoisotopic (exact) mass is 184 g/mol. The molecular weight excluding hydrogens is 168 g/mol. The first-order chi connectivity index (χ1) is 6.36. The van der Waals surface area contributed by atoms with Crippen LogP contribution in [0.4, 0.5) is 0 Å². The van der Waals surface area contributed by atoms with Crippen molar-refractivity contribution in [1.29, 1.82) is 0 Å². The summed E-state index contributed by atoms with van der Waals surface area (Å²) < 4.78 is 5.27. The van der Waals surface area contributed by atoms with Gasteiger partial charge in [-0.1, -0.05) is 0 Å². The van der Waals surface area contributed by atoms with E-state index in [9.17, 15) is 4.79 Å². The smallest absolute Gasteiger partial charge is 0.249 e. The third kappa shape index (κ3) is 2.19. The number of amides is 1. The molecular formula is C9H16N2O2. The number of hydrogen-bond acceptors (Lipinski definition) is 3. The lowest BCUT2D eigenvalue weighted by molar-refractivity contribution is -0.130. The van der Waals surface area contributed by atoms with E-state index in [1.54, 1.807) is 0 Å². The highest BCUT2D eigenvalue weighted by Gasteiger charge is 2.24. The van der Waals surface area contributed by atoms with Gasteiger partial charge in [-0.3, -0.25) is 4.79 Å². The van der Waals surface area contributed by atoms with Crippen LogP contribution in [0.15, 0.2) is 0 Å². The highest BCUT2D eigenvalue weighted by atomic mass is 16.5. The van der Waals surface area contributed by atoms with Gasteiger partial charge in [0.15, 0.2) is 0 Å². The van der Waals surface area contributed by atoms with Crippen LogP contribution in [0.3, 0.4) is 0 Å². The summed E-state index contributed by atoms with van der Waals surface area (Å²) in [6, 6.07) is 0.491. The van der Waals surface area contributed by atoms with Gasteiger partial charge in [0.25, 0.3) is 0 Å². The zero-order valence-electron chi connectivity index (χ0n) is 7.71. The molecule has 0 aliphatic carbocycles. The van der Waals surface area contributed by atoms with Crippen molar-refractivity contribution in [3.63, 3.8) is 0 Å². The maximum absolute atomic E-state index is 11.4. The molecule has 2 heterocycles. The Morgan fingerprint density at radius 3 is 2.92 bits per heavy atom. The van der Waals surface area contributed by atoms with Gasteiger partial charge < -0.3 is 15.4 Å². The highest BCUT2D eigenvalue weighted by Crippen LogP contribution is 2.11. The van der Waals surface area contributed by atoms with E-state index in [2.05, 4.69) is 10.6 Å². The molecule has 0 aromatic heterocycles. The van der Waals surface area contributed by atoms with Crippen LogP contribution in [-0.4, -0.2) is 37.7 Å². The molecule has 2 saturated heterocycles. The third-order valence-electron chi connectivity index (χ3n) is 2.67. The second kappa shape index (κ2) is 4.07. The lowest BCUT2D eigenvalue weighted by atomic mass is 10.1. The van der Waals surface area contributed by atoms with Gasteiger partial charge in [-0.2, -0.15) is 0 Å². The predicted molar refractivity (Wildman–Crippen MR) is 48.4 cm³/mol. The van der Waals surface area contributed by atoms with Crippen molar-refractivity contribution >= 4 is 5.91 Å². The van der Waals surface area contributed by atoms with Crippen molar-refractivity contribution in [3.8, 4) is 0 Å². The molecule has 2 rings (SSSR count). The van der Waals surface area contributed by atoms with Crippen LogP contribution in [0, 0.1) is 0 Å². The summed E-state index contributed by atoms with van der Waals surface area (Å²) in [7, 11) is 0. The summed E-state index contributed by atoms with van der Waals surface area (Å²) >= 11 is 0. The average molecular weight is 184 g/mol. The maximum Gasteiger partial charge on any atom is 0.249 e. The molecule has 0 saturated carbocycles. The van der Waals surface area contributed by atoms with E-state index in [1.807, 2.05) is 0 Å². The lowest BCUT2D eigenvalue weighted by Gasteiger charge is -2.28. The zero-order valence-corrected chi connectivity index (χ0v) is 7.71. The molecule has 0 bridgehead atoms. The normalized spacial score (nSPS) is 32.6. The van der Waals surface area contributed by atoms with Crippen LogP contribution in [0.25, 0.3) is 0 Å². The molecule has 2 aliphatic rings. The minimum Gasteiger partial charge on any atom is -0.368 e. The molecule has 0 spiro atoms. The van der Waals surface area contributed by atoms with Crippen LogP contribution in [0.1, 0.15) is 19.3 Å². The fourth-order valence-corrected chi connectivity index (χ4v) is 1.64. The van der Waals surface area contributed by atoms with Crippen molar-refractivity contribution in [2.75, 3.05) is 19.7 Å². The number of rotatable bonds is 3. The summed E-state index contributed by atoms with van der Waals surface area (Å²) in [5.41, 5.74) is 0. The van der Waals surface area contributed by atoms with Gasteiger partial charge in [0, 0.05) is 19.2 Å². The molecule has 2 atom stereocenters. The summed E-state index contributed by atoms with van der Waals surface area (Å²) in [6.07, 6.45) is 2.88. The van der Waals surface area contributed by atoms with Gasteiger partial charge in [-0.15, -0.1) is 0 Å². The van der Waals surface area contributed by atoms with Gasteiger partial charge in [0.1, 0.15) is 6.10 Å². The van der Waals surface area contributed by atoms with E-state index >= 15 is 0 Å². The van der Waals surface area contributed by atoms with Crippen molar-refractivity contribution in [1.82, 2.24) is 10.6 Å². The molecule has 2 fully saturated rings. The molecule has 1 amide bonds. The first-order valence-corrected chi connectivity index (χ1v) is 4.99. The fraction of sp³-hybridized carbons (Fsp3) is 0.889. The predicted octanol–water partition coefficient (Wildman–Crippen LogP) is -0.357. The SMILES string of the molecule is O=C(NCC1CCN1)C1CCCO1. The van der Waals surface area contributed by atoms with E-state index in [0.717, 1.165) is 32.5 Å². The van der Waals surface area contributed by atoms with Crippen LogP contribution in [0.5, 0.6) is 0 Å². The topological polar surface area (TPSA) is 50.4 Å². The minimum absolute atomic E-state index is 0.0613. The van der Waals surface area contributed by atoms with Crippen LogP contribution in [-0.2, 0) is 9.53 Å². The molecule has 0 aromatic rings. The van der Waals surface area contributed by atoms with E-state index in [1.165, 1.54) is 6.42 Å². The minimum atomic E-state index is -0.180. The van der Waals surface area contributed by atoms with Crippen LogP contribution < -0.4 is 10.6 Å². The van der Waals surface area contributed by atoms with E-state index in [0.29, 0.717) is 6.04 Å². The molecule has 4 nitrogen and oxygen atoms in total. The molecule has 4 heteroatoms. The van der Waals surface area contributed by atoms with Crippen molar-refractivity contribution < 1.29 is 9.53 Å². The van der Waals surface area contributed by atoms with Gasteiger partial charge in [-0.05, 0) is 25.8 Å².